The zero-order valence-electron chi connectivity index (χ0n) is 8.56. The Balaban J connectivity index is 2.82. The molecule has 88 valence electrons. The van der Waals surface area contributed by atoms with Gasteiger partial charge in [-0.25, -0.2) is 14.3 Å². The molecule has 1 fully saturated rings. The maximum absolute atomic E-state index is 11.5. The van der Waals surface area contributed by atoms with Gasteiger partial charge in [-0.2, -0.15) is 0 Å². The highest BCUT2D eigenvalue weighted by Crippen LogP contribution is 2.33. The summed E-state index contributed by atoms with van der Waals surface area (Å²) in [5.41, 5.74) is -0.894. The molecule has 15 heavy (non-hydrogen) atoms. The van der Waals surface area contributed by atoms with Crippen molar-refractivity contribution in [2.45, 2.75) is 12.8 Å². The predicted molar refractivity (Wildman–Crippen MR) is 52.5 cm³/mol. The molecule has 0 aliphatic carbocycles. The fourth-order valence-corrected chi connectivity index (χ4v) is 3.32. The van der Waals surface area contributed by atoms with E-state index in [-0.39, 0.29) is 31.0 Å². The van der Waals surface area contributed by atoms with Gasteiger partial charge in [0.25, 0.3) is 0 Å². The first kappa shape index (κ1) is 12.4. The van der Waals surface area contributed by atoms with Crippen molar-refractivity contribution >= 4 is 15.8 Å². The van der Waals surface area contributed by atoms with E-state index in [0.29, 0.717) is 0 Å². The molecule has 1 aliphatic rings. The number of nitrogens with two attached hydrogens (primary N) is 1. The Morgan fingerprint density at radius 1 is 1.40 bits per heavy atom. The van der Waals surface area contributed by atoms with Crippen molar-refractivity contribution < 1.29 is 22.8 Å². The van der Waals surface area contributed by atoms with Gasteiger partial charge in [-0.15, -0.1) is 0 Å². The van der Waals surface area contributed by atoms with E-state index in [4.69, 9.17) is 5.90 Å². The van der Waals surface area contributed by atoms with Crippen LogP contribution >= 0.6 is 0 Å². The van der Waals surface area contributed by atoms with Crippen LogP contribution in [-0.2, 0) is 24.2 Å². The highest BCUT2D eigenvalue weighted by Gasteiger charge is 2.44. The summed E-state index contributed by atoms with van der Waals surface area (Å²) in [5, 5.41) is 0. The van der Waals surface area contributed by atoms with Crippen molar-refractivity contribution in [2.75, 3.05) is 25.2 Å². The van der Waals surface area contributed by atoms with Gasteiger partial charge in [-0.05, 0) is 12.8 Å². The fraction of sp³-hybridized carbons (Fsp3) is 0.875. The van der Waals surface area contributed by atoms with Gasteiger partial charge >= 0.3 is 5.97 Å². The molecule has 0 aromatic heterocycles. The van der Waals surface area contributed by atoms with E-state index < -0.39 is 21.2 Å². The van der Waals surface area contributed by atoms with Crippen LogP contribution in [-0.4, -0.2) is 39.6 Å². The Hall–Kier alpha value is -0.660. The summed E-state index contributed by atoms with van der Waals surface area (Å²) < 4.78 is 27.1. The lowest BCUT2D eigenvalue weighted by Gasteiger charge is -2.32. The van der Waals surface area contributed by atoms with E-state index in [9.17, 15) is 13.2 Å². The lowest BCUT2D eigenvalue weighted by Crippen LogP contribution is -2.44. The van der Waals surface area contributed by atoms with Gasteiger partial charge in [-0.1, -0.05) is 0 Å². The van der Waals surface area contributed by atoms with Crippen LogP contribution in [0.3, 0.4) is 0 Å². The normalized spacial score (nSPS) is 23.3. The van der Waals surface area contributed by atoms with Crippen LogP contribution < -0.4 is 5.90 Å². The second-order valence-electron chi connectivity index (χ2n) is 3.73. The predicted octanol–water partition coefficient (Wildman–Crippen LogP) is -0.755. The third-order valence-electron chi connectivity index (χ3n) is 2.76. The number of esters is 1. The zero-order valence-corrected chi connectivity index (χ0v) is 9.38. The van der Waals surface area contributed by atoms with Gasteiger partial charge in [0.05, 0.1) is 30.6 Å². The molecule has 0 saturated carbocycles. The van der Waals surface area contributed by atoms with E-state index in [1.807, 2.05) is 0 Å². The average molecular weight is 237 g/mol. The summed E-state index contributed by atoms with van der Waals surface area (Å²) in [5.74, 6) is 4.45. The number of hydrogen-bond donors (Lipinski definition) is 1. The molecule has 7 heteroatoms. The highest BCUT2D eigenvalue weighted by atomic mass is 32.2. The minimum atomic E-state index is -3.02. The summed E-state index contributed by atoms with van der Waals surface area (Å²) in [7, 11) is -1.75. The fourth-order valence-electron chi connectivity index (χ4n) is 1.71. The standard InChI is InChI=1S/C8H15NO5S/c1-13-7(10)8(6-14-9)2-4-15(11,12)5-3-8/h2-6,9H2,1H3. The molecule has 0 atom stereocenters. The summed E-state index contributed by atoms with van der Waals surface area (Å²) in [6.07, 6.45) is 0.415. The molecule has 1 saturated heterocycles. The molecule has 6 nitrogen and oxygen atoms in total. The largest absolute Gasteiger partial charge is 0.469 e. The van der Waals surface area contributed by atoms with E-state index in [0.717, 1.165) is 0 Å². The van der Waals surface area contributed by atoms with Crippen LogP contribution in [0.2, 0.25) is 0 Å². The third-order valence-corrected chi connectivity index (χ3v) is 4.41. The van der Waals surface area contributed by atoms with Gasteiger partial charge < -0.3 is 9.57 Å². The summed E-state index contributed by atoms with van der Waals surface area (Å²) in [6, 6.07) is 0. The Labute approximate surface area is 88.6 Å². The molecular formula is C8H15NO5S. The second-order valence-corrected chi connectivity index (χ2v) is 6.04. The Bertz CT molecular complexity index is 323. The van der Waals surface area contributed by atoms with Crippen molar-refractivity contribution in [2.24, 2.45) is 11.3 Å². The molecule has 0 amide bonds. The Kier molecular flexibility index (Phi) is 3.69. The van der Waals surface area contributed by atoms with Crippen molar-refractivity contribution in [3.05, 3.63) is 0 Å². The monoisotopic (exact) mass is 237 g/mol. The lowest BCUT2D eigenvalue weighted by molar-refractivity contribution is -0.157. The summed E-state index contributed by atoms with van der Waals surface area (Å²) in [6.45, 7) is -0.00477. The van der Waals surface area contributed by atoms with Crippen molar-refractivity contribution in [3.8, 4) is 0 Å². The lowest BCUT2D eigenvalue weighted by atomic mass is 9.83. The SMILES string of the molecule is COC(=O)C1(CON)CCS(=O)(=O)CC1. The molecule has 0 bridgehead atoms. The summed E-state index contributed by atoms with van der Waals surface area (Å²) >= 11 is 0. The molecule has 1 rings (SSSR count). The van der Waals surface area contributed by atoms with Gasteiger partial charge in [-0.3, -0.25) is 4.79 Å². The first-order chi connectivity index (χ1) is 6.96. The van der Waals surface area contributed by atoms with Crippen molar-refractivity contribution in [1.29, 1.82) is 0 Å². The van der Waals surface area contributed by atoms with E-state index in [2.05, 4.69) is 9.57 Å². The van der Waals surface area contributed by atoms with Crippen LogP contribution in [0, 0.1) is 5.41 Å². The van der Waals surface area contributed by atoms with E-state index >= 15 is 0 Å². The minimum absolute atomic E-state index is 0.00477. The Morgan fingerprint density at radius 2 is 1.93 bits per heavy atom. The second kappa shape index (κ2) is 4.46. The molecule has 0 radical (unpaired) electrons. The van der Waals surface area contributed by atoms with Crippen LogP contribution in [0.4, 0.5) is 0 Å². The van der Waals surface area contributed by atoms with Gasteiger partial charge in [0, 0.05) is 0 Å². The maximum Gasteiger partial charge on any atom is 0.314 e. The molecule has 0 unspecified atom stereocenters. The minimum Gasteiger partial charge on any atom is -0.469 e. The smallest absolute Gasteiger partial charge is 0.314 e. The summed E-state index contributed by atoms with van der Waals surface area (Å²) in [4.78, 5) is 16.0. The van der Waals surface area contributed by atoms with Crippen LogP contribution in [0.15, 0.2) is 0 Å². The van der Waals surface area contributed by atoms with Crippen molar-refractivity contribution in [1.82, 2.24) is 0 Å². The number of rotatable bonds is 3. The van der Waals surface area contributed by atoms with E-state index in [1.165, 1.54) is 7.11 Å². The molecule has 1 aliphatic heterocycles. The van der Waals surface area contributed by atoms with E-state index in [1.54, 1.807) is 0 Å². The topological polar surface area (TPSA) is 95.7 Å². The molecule has 2 N–H and O–H groups in total. The van der Waals surface area contributed by atoms with Crippen LogP contribution in [0.1, 0.15) is 12.8 Å². The number of ether oxygens (including phenoxy) is 1. The van der Waals surface area contributed by atoms with Crippen LogP contribution in [0.25, 0.3) is 0 Å². The number of carbonyl (C=O) groups excluding carboxylic acids is 1. The molecule has 0 aromatic rings. The third kappa shape index (κ3) is 2.67. The number of carbonyl (C=O) groups is 1. The average Bonchev–Trinajstić information content (AvgIpc) is 2.21. The first-order valence-corrected chi connectivity index (χ1v) is 6.38. The quantitative estimate of drug-likeness (QED) is 0.512. The van der Waals surface area contributed by atoms with Crippen molar-refractivity contribution in [3.63, 3.8) is 0 Å². The molecule has 0 aromatic carbocycles. The molecule has 1 heterocycles. The van der Waals surface area contributed by atoms with Gasteiger partial charge in [0.15, 0.2) is 0 Å². The highest BCUT2D eigenvalue weighted by molar-refractivity contribution is 7.91. The number of hydrogen-bond acceptors (Lipinski definition) is 6. The Morgan fingerprint density at radius 3 is 2.33 bits per heavy atom. The maximum atomic E-state index is 11.5. The first-order valence-electron chi connectivity index (χ1n) is 4.56. The van der Waals surface area contributed by atoms with Gasteiger partial charge in [0.1, 0.15) is 9.84 Å². The number of sulfone groups is 1. The molecular weight excluding hydrogens is 222 g/mol. The molecule has 0 spiro atoms. The number of methoxy groups -OCH3 is 1. The van der Waals surface area contributed by atoms with Crippen LogP contribution in [0.5, 0.6) is 0 Å². The zero-order chi connectivity index (χ0) is 11.5. The van der Waals surface area contributed by atoms with Gasteiger partial charge in [0.2, 0.25) is 0 Å².